The third kappa shape index (κ3) is 3.47. The maximum Gasteiger partial charge on any atom is 0.235 e. The van der Waals surface area contributed by atoms with Gasteiger partial charge in [-0.3, -0.25) is 10.2 Å². The minimum atomic E-state index is -0.245. The van der Waals surface area contributed by atoms with Crippen molar-refractivity contribution in [2.24, 2.45) is 5.84 Å². The number of rotatable bonds is 4. The Balaban J connectivity index is 2.55. The molecule has 1 aromatic carbocycles. The lowest BCUT2D eigenvalue weighted by Gasteiger charge is -2.14. The van der Waals surface area contributed by atoms with Gasteiger partial charge < -0.3 is 10.4 Å². The van der Waals surface area contributed by atoms with Gasteiger partial charge in [0.2, 0.25) is 5.91 Å². The van der Waals surface area contributed by atoms with Crippen LogP contribution >= 0.6 is 0 Å². The van der Waals surface area contributed by atoms with Crippen molar-refractivity contribution in [3.8, 4) is 5.75 Å². The number of phenolic OH excluding ortho intramolecular Hbond substituents is 1. The number of phenols is 1. The Labute approximate surface area is 88.3 Å². The SMILES string of the molecule is CC(CC(=O)NN)Nc1ccccc1O. The molecule has 0 aliphatic carbocycles. The average Bonchev–Trinajstić information content (AvgIpc) is 2.21. The van der Waals surface area contributed by atoms with Gasteiger partial charge in [-0.1, -0.05) is 12.1 Å². The molecule has 5 nitrogen and oxygen atoms in total. The molecule has 0 radical (unpaired) electrons. The molecule has 0 fully saturated rings. The number of carbonyl (C=O) groups excluding carboxylic acids is 1. The molecule has 0 spiro atoms. The van der Waals surface area contributed by atoms with E-state index in [-0.39, 0.29) is 24.1 Å². The first-order valence-electron chi connectivity index (χ1n) is 4.67. The lowest BCUT2D eigenvalue weighted by Crippen LogP contribution is -2.34. The van der Waals surface area contributed by atoms with Crippen molar-refractivity contribution in [3.05, 3.63) is 24.3 Å². The zero-order valence-corrected chi connectivity index (χ0v) is 8.53. The molecule has 5 N–H and O–H groups in total. The van der Waals surface area contributed by atoms with Crippen LogP contribution in [0.15, 0.2) is 24.3 Å². The number of nitrogens with one attached hydrogen (secondary N) is 2. The lowest BCUT2D eigenvalue weighted by atomic mass is 10.2. The maximum absolute atomic E-state index is 11.0. The fraction of sp³-hybridized carbons (Fsp3) is 0.300. The number of amides is 1. The van der Waals surface area contributed by atoms with Crippen LogP contribution in [0.5, 0.6) is 5.75 Å². The summed E-state index contributed by atoms with van der Waals surface area (Å²) in [6.07, 6.45) is 0.255. The van der Waals surface area contributed by atoms with E-state index in [0.717, 1.165) is 0 Å². The quantitative estimate of drug-likeness (QED) is 0.253. The van der Waals surface area contributed by atoms with Crippen molar-refractivity contribution in [2.75, 3.05) is 5.32 Å². The summed E-state index contributed by atoms with van der Waals surface area (Å²) in [5, 5.41) is 12.5. The number of para-hydroxylation sites is 2. The Morgan fingerprint density at radius 1 is 1.53 bits per heavy atom. The van der Waals surface area contributed by atoms with Gasteiger partial charge in [-0.25, -0.2) is 5.84 Å². The summed E-state index contributed by atoms with van der Waals surface area (Å²) in [6.45, 7) is 1.84. The Kier molecular flexibility index (Phi) is 3.93. The van der Waals surface area contributed by atoms with Crippen LogP contribution in [-0.2, 0) is 4.79 Å². The highest BCUT2D eigenvalue weighted by molar-refractivity contribution is 5.76. The molecule has 1 aromatic rings. The van der Waals surface area contributed by atoms with E-state index in [1.54, 1.807) is 24.3 Å². The molecule has 82 valence electrons. The van der Waals surface area contributed by atoms with Gasteiger partial charge in [-0.05, 0) is 19.1 Å². The zero-order valence-electron chi connectivity index (χ0n) is 8.53. The highest BCUT2D eigenvalue weighted by atomic mass is 16.3. The molecule has 0 saturated carbocycles. The molecule has 5 heteroatoms. The third-order valence-electron chi connectivity index (χ3n) is 1.96. The molecule has 0 aromatic heterocycles. The summed E-state index contributed by atoms with van der Waals surface area (Å²) in [6, 6.07) is 6.77. The predicted molar refractivity (Wildman–Crippen MR) is 58.1 cm³/mol. The number of anilines is 1. The lowest BCUT2D eigenvalue weighted by molar-refractivity contribution is -0.121. The van der Waals surface area contributed by atoms with Crippen LogP contribution in [0.2, 0.25) is 0 Å². The summed E-state index contributed by atoms with van der Waals surface area (Å²) >= 11 is 0. The molecule has 15 heavy (non-hydrogen) atoms. The Hall–Kier alpha value is -1.75. The van der Waals surface area contributed by atoms with Crippen molar-refractivity contribution in [1.82, 2.24) is 5.43 Å². The van der Waals surface area contributed by atoms with E-state index in [4.69, 9.17) is 5.84 Å². The normalized spacial score (nSPS) is 11.9. The monoisotopic (exact) mass is 209 g/mol. The molecule has 1 atom stereocenters. The van der Waals surface area contributed by atoms with Gasteiger partial charge in [-0.15, -0.1) is 0 Å². The molecular weight excluding hydrogens is 194 g/mol. The molecule has 0 bridgehead atoms. The van der Waals surface area contributed by atoms with Crippen LogP contribution in [0.3, 0.4) is 0 Å². The van der Waals surface area contributed by atoms with Gasteiger partial charge >= 0.3 is 0 Å². The summed E-state index contributed by atoms with van der Waals surface area (Å²) in [5.41, 5.74) is 2.66. The van der Waals surface area contributed by atoms with Crippen LogP contribution in [0.25, 0.3) is 0 Å². The summed E-state index contributed by atoms with van der Waals surface area (Å²) < 4.78 is 0. The van der Waals surface area contributed by atoms with Crippen molar-refractivity contribution < 1.29 is 9.90 Å². The largest absolute Gasteiger partial charge is 0.506 e. The first kappa shape index (κ1) is 11.3. The van der Waals surface area contributed by atoms with E-state index in [2.05, 4.69) is 10.7 Å². The topological polar surface area (TPSA) is 87.4 Å². The summed E-state index contributed by atoms with van der Waals surface area (Å²) in [4.78, 5) is 11.0. The number of hydrogen-bond acceptors (Lipinski definition) is 4. The van der Waals surface area contributed by atoms with Gasteiger partial charge in [0, 0.05) is 12.5 Å². The molecule has 0 saturated heterocycles. The second-order valence-electron chi connectivity index (χ2n) is 3.33. The number of aromatic hydroxyl groups is 1. The molecule has 1 unspecified atom stereocenters. The van der Waals surface area contributed by atoms with E-state index >= 15 is 0 Å². The first-order valence-corrected chi connectivity index (χ1v) is 4.67. The highest BCUT2D eigenvalue weighted by Crippen LogP contribution is 2.22. The van der Waals surface area contributed by atoms with Crippen LogP contribution in [0.4, 0.5) is 5.69 Å². The van der Waals surface area contributed by atoms with Crippen molar-refractivity contribution in [3.63, 3.8) is 0 Å². The van der Waals surface area contributed by atoms with Crippen LogP contribution < -0.4 is 16.6 Å². The maximum atomic E-state index is 11.0. The second-order valence-corrected chi connectivity index (χ2v) is 3.33. The number of carbonyl (C=O) groups is 1. The van der Waals surface area contributed by atoms with E-state index in [1.807, 2.05) is 6.92 Å². The van der Waals surface area contributed by atoms with Gasteiger partial charge in [0.25, 0.3) is 0 Å². The van der Waals surface area contributed by atoms with Gasteiger partial charge in [0.15, 0.2) is 0 Å². The van der Waals surface area contributed by atoms with E-state index in [9.17, 15) is 9.90 Å². The van der Waals surface area contributed by atoms with E-state index in [0.29, 0.717) is 5.69 Å². The number of benzene rings is 1. The Bertz CT molecular complexity index is 341. The van der Waals surface area contributed by atoms with Gasteiger partial charge in [0.05, 0.1) is 5.69 Å². The first-order chi connectivity index (χ1) is 7.13. The fourth-order valence-electron chi connectivity index (χ4n) is 1.25. The van der Waals surface area contributed by atoms with Crippen molar-refractivity contribution in [2.45, 2.75) is 19.4 Å². The van der Waals surface area contributed by atoms with Crippen LogP contribution in [0, 0.1) is 0 Å². The average molecular weight is 209 g/mol. The van der Waals surface area contributed by atoms with Crippen molar-refractivity contribution in [1.29, 1.82) is 0 Å². The van der Waals surface area contributed by atoms with E-state index in [1.165, 1.54) is 0 Å². The summed E-state index contributed by atoms with van der Waals surface area (Å²) in [5.74, 6) is 4.89. The standard InChI is InChI=1S/C10H15N3O2/c1-7(6-10(15)13-11)12-8-4-2-3-5-9(8)14/h2-5,7,12,14H,6,11H2,1H3,(H,13,15). The Morgan fingerprint density at radius 3 is 2.80 bits per heavy atom. The molecular formula is C10H15N3O2. The van der Waals surface area contributed by atoms with E-state index < -0.39 is 0 Å². The van der Waals surface area contributed by atoms with Crippen LogP contribution in [-0.4, -0.2) is 17.1 Å². The minimum absolute atomic E-state index is 0.0955. The predicted octanol–water partition coefficient (Wildman–Crippen LogP) is 0.573. The Morgan fingerprint density at radius 2 is 2.20 bits per heavy atom. The smallest absolute Gasteiger partial charge is 0.235 e. The number of nitrogens with two attached hydrogens (primary N) is 1. The third-order valence-corrected chi connectivity index (χ3v) is 1.96. The fourth-order valence-corrected chi connectivity index (χ4v) is 1.25. The second kappa shape index (κ2) is 5.21. The molecule has 1 amide bonds. The van der Waals surface area contributed by atoms with Gasteiger partial charge in [-0.2, -0.15) is 0 Å². The zero-order chi connectivity index (χ0) is 11.3. The number of hydrazine groups is 1. The highest BCUT2D eigenvalue weighted by Gasteiger charge is 2.08. The van der Waals surface area contributed by atoms with Gasteiger partial charge in [0.1, 0.15) is 5.75 Å². The minimum Gasteiger partial charge on any atom is -0.506 e. The molecule has 0 aliphatic heterocycles. The van der Waals surface area contributed by atoms with Crippen molar-refractivity contribution >= 4 is 11.6 Å². The molecule has 0 heterocycles. The summed E-state index contributed by atoms with van der Waals surface area (Å²) in [7, 11) is 0. The molecule has 1 rings (SSSR count). The van der Waals surface area contributed by atoms with Crippen LogP contribution in [0.1, 0.15) is 13.3 Å². The number of hydrogen-bond donors (Lipinski definition) is 4. The molecule has 0 aliphatic rings.